The van der Waals surface area contributed by atoms with E-state index in [1.165, 1.54) is 0 Å². The van der Waals surface area contributed by atoms with Crippen LogP contribution in [0.15, 0.2) is 24.3 Å². The molecule has 0 aliphatic rings. The first-order valence-electron chi connectivity index (χ1n) is 6.11. The molecule has 0 fully saturated rings. The molecule has 1 heterocycles. The van der Waals surface area contributed by atoms with Crippen molar-refractivity contribution in [1.82, 2.24) is 4.98 Å². The Balaban J connectivity index is 2.53. The van der Waals surface area contributed by atoms with Gasteiger partial charge in [0.1, 0.15) is 10.7 Å². The van der Waals surface area contributed by atoms with Gasteiger partial charge in [-0.25, -0.2) is 4.39 Å². The first kappa shape index (κ1) is 14.4. The van der Waals surface area contributed by atoms with Gasteiger partial charge >= 0.3 is 0 Å². The first-order valence-corrected chi connectivity index (χ1v) is 6.52. The van der Waals surface area contributed by atoms with Crippen LogP contribution in [0.2, 0.25) is 0 Å². The number of rotatable bonds is 3. The summed E-state index contributed by atoms with van der Waals surface area (Å²) < 4.78 is 19.7. The van der Waals surface area contributed by atoms with Crippen molar-refractivity contribution in [2.75, 3.05) is 0 Å². The molecule has 0 aliphatic carbocycles. The SMILES string of the molecule is Cc1cc(Oc2cccc(C)c2F)c(C(N)=S)c(C)n1. The summed E-state index contributed by atoms with van der Waals surface area (Å²) in [6.45, 7) is 5.30. The molecule has 0 unspecified atom stereocenters. The predicted molar refractivity (Wildman–Crippen MR) is 80.8 cm³/mol. The normalized spacial score (nSPS) is 10.4. The summed E-state index contributed by atoms with van der Waals surface area (Å²) in [4.78, 5) is 4.47. The lowest BCUT2D eigenvalue weighted by molar-refractivity contribution is 0.438. The number of hydrogen-bond donors (Lipinski definition) is 1. The molecule has 1 aromatic heterocycles. The third kappa shape index (κ3) is 2.77. The van der Waals surface area contributed by atoms with Crippen LogP contribution in [0.5, 0.6) is 11.5 Å². The maximum absolute atomic E-state index is 14.0. The van der Waals surface area contributed by atoms with Crippen LogP contribution in [-0.4, -0.2) is 9.97 Å². The molecule has 3 nitrogen and oxygen atoms in total. The van der Waals surface area contributed by atoms with E-state index in [-0.39, 0.29) is 10.7 Å². The van der Waals surface area contributed by atoms with Crippen molar-refractivity contribution in [3.8, 4) is 11.5 Å². The highest BCUT2D eigenvalue weighted by Gasteiger charge is 2.15. The Morgan fingerprint density at radius 1 is 1.25 bits per heavy atom. The molecule has 1 aromatic carbocycles. The summed E-state index contributed by atoms with van der Waals surface area (Å²) in [7, 11) is 0. The Morgan fingerprint density at radius 3 is 2.60 bits per heavy atom. The summed E-state index contributed by atoms with van der Waals surface area (Å²) in [6.07, 6.45) is 0. The van der Waals surface area contributed by atoms with Crippen LogP contribution >= 0.6 is 12.2 Å². The fraction of sp³-hybridized carbons (Fsp3) is 0.200. The number of benzene rings is 1. The monoisotopic (exact) mass is 290 g/mol. The minimum Gasteiger partial charge on any atom is -0.453 e. The molecular weight excluding hydrogens is 275 g/mol. The van der Waals surface area contributed by atoms with Crippen molar-refractivity contribution in [1.29, 1.82) is 0 Å². The smallest absolute Gasteiger partial charge is 0.168 e. The zero-order valence-corrected chi connectivity index (χ0v) is 12.3. The first-order chi connectivity index (χ1) is 9.40. The Hall–Kier alpha value is -2.01. The van der Waals surface area contributed by atoms with Crippen molar-refractivity contribution in [2.45, 2.75) is 20.8 Å². The van der Waals surface area contributed by atoms with E-state index in [0.717, 1.165) is 5.69 Å². The second kappa shape index (κ2) is 5.54. The second-order valence-electron chi connectivity index (χ2n) is 4.58. The number of ether oxygens (including phenoxy) is 1. The lowest BCUT2D eigenvalue weighted by Gasteiger charge is -2.14. The molecule has 0 aliphatic heterocycles. The van der Waals surface area contributed by atoms with E-state index in [9.17, 15) is 4.39 Å². The molecule has 0 saturated heterocycles. The van der Waals surface area contributed by atoms with Crippen molar-refractivity contribution in [3.05, 3.63) is 52.6 Å². The van der Waals surface area contributed by atoms with Gasteiger partial charge in [-0.3, -0.25) is 4.98 Å². The quantitative estimate of drug-likeness (QED) is 0.878. The van der Waals surface area contributed by atoms with E-state index in [4.69, 9.17) is 22.7 Å². The minimum atomic E-state index is -0.395. The highest BCUT2D eigenvalue weighted by atomic mass is 32.1. The van der Waals surface area contributed by atoms with E-state index < -0.39 is 5.82 Å². The van der Waals surface area contributed by atoms with Crippen LogP contribution in [0.25, 0.3) is 0 Å². The molecule has 0 saturated carbocycles. The lowest BCUT2D eigenvalue weighted by atomic mass is 10.1. The third-order valence-electron chi connectivity index (χ3n) is 2.91. The number of pyridine rings is 1. The maximum Gasteiger partial charge on any atom is 0.168 e. The number of aromatic nitrogens is 1. The average molecular weight is 290 g/mol. The number of hydrogen-bond acceptors (Lipinski definition) is 3. The predicted octanol–water partition coefficient (Wildman–Crippen LogP) is 3.57. The molecule has 0 bridgehead atoms. The fourth-order valence-corrected chi connectivity index (χ4v) is 2.24. The van der Waals surface area contributed by atoms with Gasteiger partial charge in [-0.15, -0.1) is 0 Å². The Kier molecular flexibility index (Phi) is 3.99. The maximum atomic E-state index is 14.0. The molecule has 0 amide bonds. The molecule has 2 rings (SSSR count). The van der Waals surface area contributed by atoms with Gasteiger partial charge in [0.2, 0.25) is 0 Å². The summed E-state index contributed by atoms with van der Waals surface area (Å²) in [5.41, 5.74) is 8.18. The van der Waals surface area contributed by atoms with Gasteiger partial charge in [-0.05, 0) is 32.4 Å². The molecule has 104 valence electrons. The van der Waals surface area contributed by atoms with Gasteiger partial charge in [0.05, 0.1) is 11.3 Å². The van der Waals surface area contributed by atoms with E-state index in [1.807, 2.05) is 6.92 Å². The molecule has 0 radical (unpaired) electrons. The average Bonchev–Trinajstić information content (AvgIpc) is 2.33. The number of halogens is 1. The van der Waals surface area contributed by atoms with Crippen molar-refractivity contribution in [2.24, 2.45) is 5.73 Å². The van der Waals surface area contributed by atoms with Crippen LogP contribution in [0.4, 0.5) is 4.39 Å². The molecular formula is C15H15FN2OS. The van der Waals surface area contributed by atoms with Crippen LogP contribution in [-0.2, 0) is 0 Å². The van der Waals surface area contributed by atoms with Crippen LogP contribution in [0.1, 0.15) is 22.5 Å². The Morgan fingerprint density at radius 2 is 1.95 bits per heavy atom. The van der Waals surface area contributed by atoms with Gasteiger partial charge in [0, 0.05) is 11.8 Å². The Labute approximate surface area is 122 Å². The second-order valence-corrected chi connectivity index (χ2v) is 5.02. The summed E-state index contributed by atoms with van der Waals surface area (Å²) in [6, 6.07) is 6.68. The van der Waals surface area contributed by atoms with E-state index >= 15 is 0 Å². The van der Waals surface area contributed by atoms with Crippen molar-refractivity contribution >= 4 is 17.2 Å². The largest absolute Gasteiger partial charge is 0.453 e. The van der Waals surface area contributed by atoms with Gasteiger partial charge in [-0.1, -0.05) is 24.4 Å². The van der Waals surface area contributed by atoms with Crippen LogP contribution < -0.4 is 10.5 Å². The molecule has 5 heteroatoms. The standard InChI is InChI=1S/C15H15FN2OS/c1-8-5-4-6-11(14(8)16)19-12-7-9(2)18-10(3)13(12)15(17)20/h4-7H,1-3H3,(H2,17,20). The fourth-order valence-electron chi connectivity index (χ4n) is 1.99. The van der Waals surface area contributed by atoms with E-state index in [0.29, 0.717) is 22.6 Å². The molecule has 0 spiro atoms. The van der Waals surface area contributed by atoms with Gasteiger partial charge in [-0.2, -0.15) is 0 Å². The van der Waals surface area contributed by atoms with Crippen molar-refractivity contribution < 1.29 is 9.13 Å². The molecule has 2 aromatic rings. The zero-order valence-electron chi connectivity index (χ0n) is 11.5. The number of thiocarbonyl (C=S) groups is 1. The summed E-state index contributed by atoms with van der Waals surface area (Å²) in [5, 5.41) is 0. The number of nitrogens with zero attached hydrogens (tertiary/aromatic N) is 1. The number of nitrogens with two attached hydrogens (primary N) is 1. The zero-order chi connectivity index (χ0) is 14.9. The summed E-state index contributed by atoms with van der Waals surface area (Å²) in [5.74, 6) is 0.174. The van der Waals surface area contributed by atoms with Gasteiger partial charge < -0.3 is 10.5 Å². The topological polar surface area (TPSA) is 48.1 Å². The van der Waals surface area contributed by atoms with Crippen LogP contribution in [0, 0.1) is 26.6 Å². The number of aryl methyl sites for hydroxylation is 3. The van der Waals surface area contributed by atoms with E-state index in [1.54, 1.807) is 38.1 Å². The van der Waals surface area contributed by atoms with Crippen LogP contribution in [0.3, 0.4) is 0 Å². The highest BCUT2D eigenvalue weighted by molar-refractivity contribution is 7.80. The van der Waals surface area contributed by atoms with Gasteiger partial charge in [0.15, 0.2) is 11.6 Å². The minimum absolute atomic E-state index is 0.146. The summed E-state index contributed by atoms with van der Waals surface area (Å²) >= 11 is 5.02. The third-order valence-corrected chi connectivity index (χ3v) is 3.12. The lowest BCUT2D eigenvalue weighted by Crippen LogP contribution is -2.14. The Bertz CT molecular complexity index is 686. The van der Waals surface area contributed by atoms with Crippen molar-refractivity contribution in [3.63, 3.8) is 0 Å². The molecule has 20 heavy (non-hydrogen) atoms. The highest BCUT2D eigenvalue weighted by Crippen LogP contribution is 2.30. The molecule has 0 atom stereocenters. The molecule has 2 N–H and O–H groups in total. The van der Waals surface area contributed by atoms with Gasteiger partial charge in [0.25, 0.3) is 0 Å². The van der Waals surface area contributed by atoms with E-state index in [2.05, 4.69) is 4.98 Å².